The van der Waals surface area contributed by atoms with E-state index in [9.17, 15) is 5.11 Å². The van der Waals surface area contributed by atoms with Crippen LogP contribution in [0.3, 0.4) is 0 Å². The van der Waals surface area contributed by atoms with Gasteiger partial charge in [0, 0.05) is 6.42 Å². The number of aliphatic hydroxyl groups is 1. The average molecular weight is 232 g/mol. The number of benzene rings is 1. The molecule has 1 aromatic rings. The molecule has 0 aromatic heterocycles. The van der Waals surface area contributed by atoms with Crippen LogP contribution in [0.2, 0.25) is 0 Å². The van der Waals surface area contributed by atoms with E-state index in [4.69, 9.17) is 15.9 Å². The van der Waals surface area contributed by atoms with Gasteiger partial charge in [0.15, 0.2) is 17.6 Å². The van der Waals surface area contributed by atoms with Crippen molar-refractivity contribution in [1.29, 1.82) is 0 Å². The van der Waals surface area contributed by atoms with Gasteiger partial charge in [0.25, 0.3) is 0 Å². The zero-order valence-electron chi connectivity index (χ0n) is 9.63. The lowest BCUT2D eigenvalue weighted by atomic mass is 10.1. The van der Waals surface area contributed by atoms with Crippen LogP contribution in [-0.4, -0.2) is 23.9 Å². The molecule has 17 heavy (non-hydrogen) atoms. The Morgan fingerprint density at radius 3 is 2.94 bits per heavy atom. The highest BCUT2D eigenvalue weighted by molar-refractivity contribution is 5.40. The minimum atomic E-state index is -0.531. The minimum Gasteiger partial charge on any atom is -0.486 e. The molecule has 2 rings (SSSR count). The van der Waals surface area contributed by atoms with Gasteiger partial charge in [-0.3, -0.25) is 0 Å². The van der Waals surface area contributed by atoms with Crippen LogP contribution in [0.5, 0.6) is 11.5 Å². The molecule has 2 unspecified atom stereocenters. The van der Waals surface area contributed by atoms with E-state index in [1.54, 1.807) is 0 Å². The fourth-order valence-corrected chi connectivity index (χ4v) is 1.82. The Bertz CT molecular complexity index is 408. The Balaban J connectivity index is 1.91. The number of fused-ring (bicyclic) bond motifs is 1. The first kappa shape index (κ1) is 11.8. The maximum absolute atomic E-state index is 9.95. The zero-order chi connectivity index (χ0) is 12.1. The standard InChI is InChI=1S/C14H16O3/c1-2-3-4-7-11(15)14-10-16-12-8-5-6-9-13(12)17-14/h1,5-6,8-9,11,14-15H,3-4,7,10H2. The molecule has 3 heteroatoms. The van der Waals surface area contributed by atoms with Crippen molar-refractivity contribution >= 4 is 0 Å². The molecule has 0 spiro atoms. The molecule has 0 aliphatic carbocycles. The molecule has 1 aliphatic rings. The highest BCUT2D eigenvalue weighted by Crippen LogP contribution is 2.32. The van der Waals surface area contributed by atoms with Gasteiger partial charge in [-0.1, -0.05) is 12.1 Å². The number of hydrogen-bond acceptors (Lipinski definition) is 3. The van der Waals surface area contributed by atoms with E-state index in [0.717, 1.165) is 12.2 Å². The number of hydrogen-bond donors (Lipinski definition) is 1. The van der Waals surface area contributed by atoms with Crippen LogP contribution < -0.4 is 9.47 Å². The Kier molecular flexibility index (Phi) is 3.89. The van der Waals surface area contributed by atoms with E-state index in [1.165, 1.54) is 0 Å². The Morgan fingerprint density at radius 1 is 1.41 bits per heavy atom. The fourth-order valence-electron chi connectivity index (χ4n) is 1.82. The highest BCUT2D eigenvalue weighted by atomic mass is 16.6. The smallest absolute Gasteiger partial charge is 0.161 e. The number of unbranched alkanes of at least 4 members (excludes halogenated alkanes) is 1. The molecule has 0 bridgehead atoms. The van der Waals surface area contributed by atoms with E-state index in [1.807, 2.05) is 24.3 Å². The van der Waals surface area contributed by atoms with Gasteiger partial charge in [0.05, 0.1) is 6.10 Å². The van der Waals surface area contributed by atoms with Crippen LogP contribution in [0.15, 0.2) is 24.3 Å². The van der Waals surface area contributed by atoms with Crippen molar-refractivity contribution in [3.8, 4) is 23.8 Å². The first-order chi connectivity index (χ1) is 8.31. The minimum absolute atomic E-state index is 0.303. The third-order valence-electron chi connectivity index (χ3n) is 2.78. The summed E-state index contributed by atoms with van der Waals surface area (Å²) in [5, 5.41) is 9.95. The quantitative estimate of drug-likeness (QED) is 0.637. The lowest BCUT2D eigenvalue weighted by Gasteiger charge is -2.29. The van der Waals surface area contributed by atoms with Gasteiger partial charge in [0.1, 0.15) is 6.61 Å². The molecule has 1 N–H and O–H groups in total. The Hall–Kier alpha value is -1.66. The topological polar surface area (TPSA) is 38.7 Å². The fraction of sp³-hybridized carbons (Fsp3) is 0.429. The van der Waals surface area contributed by atoms with E-state index in [2.05, 4.69) is 5.92 Å². The predicted molar refractivity (Wildman–Crippen MR) is 65.0 cm³/mol. The largest absolute Gasteiger partial charge is 0.486 e. The molecule has 3 nitrogen and oxygen atoms in total. The second-order valence-corrected chi connectivity index (χ2v) is 4.08. The molecule has 0 radical (unpaired) electrons. The molecule has 0 saturated carbocycles. The number of terminal acetylenes is 1. The summed E-state index contributed by atoms with van der Waals surface area (Å²) in [6.45, 7) is 0.383. The summed E-state index contributed by atoms with van der Waals surface area (Å²) in [5.41, 5.74) is 0. The third kappa shape index (κ3) is 2.92. The lowest BCUT2D eigenvalue weighted by molar-refractivity contribution is -0.0141. The van der Waals surface area contributed by atoms with Crippen molar-refractivity contribution in [2.24, 2.45) is 0 Å². The molecular formula is C14H16O3. The van der Waals surface area contributed by atoms with Gasteiger partial charge >= 0.3 is 0 Å². The first-order valence-corrected chi connectivity index (χ1v) is 5.81. The lowest BCUT2D eigenvalue weighted by Crippen LogP contribution is -2.39. The SMILES string of the molecule is C#CCCCC(O)C1COc2ccccc2O1. The van der Waals surface area contributed by atoms with Crippen LogP contribution in [0, 0.1) is 12.3 Å². The molecule has 0 fully saturated rings. The maximum atomic E-state index is 9.95. The summed E-state index contributed by atoms with van der Waals surface area (Å²) in [5.74, 6) is 3.99. The summed E-state index contributed by atoms with van der Waals surface area (Å²) in [6.07, 6.45) is 6.46. The van der Waals surface area contributed by atoms with Crippen molar-refractivity contribution in [3.63, 3.8) is 0 Å². The van der Waals surface area contributed by atoms with Crippen molar-refractivity contribution in [2.45, 2.75) is 31.5 Å². The van der Waals surface area contributed by atoms with E-state index in [-0.39, 0.29) is 6.10 Å². The van der Waals surface area contributed by atoms with Gasteiger partial charge in [-0.15, -0.1) is 12.3 Å². The normalized spacial score (nSPS) is 19.4. The summed E-state index contributed by atoms with van der Waals surface area (Å²) in [7, 11) is 0. The van der Waals surface area contributed by atoms with Crippen molar-refractivity contribution in [1.82, 2.24) is 0 Å². The van der Waals surface area contributed by atoms with Crippen molar-refractivity contribution in [3.05, 3.63) is 24.3 Å². The van der Waals surface area contributed by atoms with E-state index < -0.39 is 6.10 Å². The maximum Gasteiger partial charge on any atom is 0.161 e. The molecular weight excluding hydrogens is 216 g/mol. The van der Waals surface area contributed by atoms with Crippen molar-refractivity contribution in [2.75, 3.05) is 6.61 Å². The van der Waals surface area contributed by atoms with Crippen LogP contribution in [0.1, 0.15) is 19.3 Å². The van der Waals surface area contributed by atoms with E-state index >= 15 is 0 Å². The third-order valence-corrected chi connectivity index (χ3v) is 2.78. The summed E-state index contributed by atoms with van der Waals surface area (Å²) >= 11 is 0. The second kappa shape index (κ2) is 5.60. The Labute approximate surface area is 101 Å². The van der Waals surface area contributed by atoms with Crippen LogP contribution in [0.4, 0.5) is 0 Å². The molecule has 0 amide bonds. The summed E-state index contributed by atoms with van der Waals surface area (Å²) < 4.78 is 11.2. The summed E-state index contributed by atoms with van der Waals surface area (Å²) in [4.78, 5) is 0. The highest BCUT2D eigenvalue weighted by Gasteiger charge is 2.26. The van der Waals surface area contributed by atoms with Gasteiger partial charge in [-0.2, -0.15) is 0 Å². The zero-order valence-corrected chi connectivity index (χ0v) is 9.63. The molecule has 1 aromatic carbocycles. The molecule has 0 saturated heterocycles. The first-order valence-electron chi connectivity index (χ1n) is 5.81. The number of rotatable bonds is 4. The molecule has 1 heterocycles. The Morgan fingerprint density at radius 2 is 2.18 bits per heavy atom. The molecule has 2 atom stereocenters. The predicted octanol–water partition coefficient (Wildman–Crippen LogP) is 1.99. The van der Waals surface area contributed by atoms with Crippen LogP contribution in [0.25, 0.3) is 0 Å². The number of aliphatic hydroxyl groups excluding tert-OH is 1. The summed E-state index contributed by atoms with van der Waals surface area (Å²) in [6, 6.07) is 7.48. The van der Waals surface area contributed by atoms with Gasteiger partial charge in [-0.25, -0.2) is 0 Å². The number of ether oxygens (including phenoxy) is 2. The van der Waals surface area contributed by atoms with E-state index in [0.29, 0.717) is 25.2 Å². The van der Waals surface area contributed by atoms with Gasteiger partial charge in [0.2, 0.25) is 0 Å². The number of para-hydroxylation sites is 2. The van der Waals surface area contributed by atoms with Gasteiger partial charge < -0.3 is 14.6 Å². The molecule has 1 aliphatic heterocycles. The monoisotopic (exact) mass is 232 g/mol. The average Bonchev–Trinajstić information content (AvgIpc) is 2.38. The molecule has 90 valence electrons. The van der Waals surface area contributed by atoms with Crippen LogP contribution >= 0.6 is 0 Å². The van der Waals surface area contributed by atoms with Crippen molar-refractivity contribution < 1.29 is 14.6 Å². The van der Waals surface area contributed by atoms with Crippen LogP contribution in [-0.2, 0) is 0 Å². The van der Waals surface area contributed by atoms with Gasteiger partial charge in [-0.05, 0) is 25.0 Å². The second-order valence-electron chi connectivity index (χ2n) is 4.08.